The highest BCUT2D eigenvalue weighted by Crippen LogP contribution is 1.35. The average Bonchev–Trinajstić information content (AvgIpc) is 1.61. The molecule has 0 spiro atoms. The summed E-state index contributed by atoms with van der Waals surface area (Å²) in [6.45, 7) is 0. The third-order valence-electron chi connectivity index (χ3n) is 0.111. The van der Waals surface area contributed by atoms with Crippen LogP contribution in [0.15, 0.2) is 0 Å². The van der Waals surface area contributed by atoms with Crippen molar-refractivity contribution in [3.8, 4) is 0 Å². The zero-order valence-corrected chi connectivity index (χ0v) is 7.76. The van der Waals surface area contributed by atoms with Crippen molar-refractivity contribution < 1.29 is 4.21 Å². The van der Waals surface area contributed by atoms with Crippen molar-refractivity contribution >= 4 is 56.9 Å². The molecular formula is OS6. The van der Waals surface area contributed by atoms with Crippen LogP contribution in [0.25, 0.3) is 0 Å². The van der Waals surface area contributed by atoms with Gasteiger partial charge in [-0.25, -0.2) is 4.21 Å². The standard InChI is InChI=1S/OS6/c1-7(3)6-5-4-2. The SMILES string of the molecule is O=S(=S)=S=S=S=S. The van der Waals surface area contributed by atoms with E-state index < -0.39 is 7.92 Å². The molecule has 0 amide bonds. The molecule has 0 N–H and O–H groups in total. The summed E-state index contributed by atoms with van der Waals surface area (Å²) in [5, 5.41) is 0. The van der Waals surface area contributed by atoms with E-state index in [0.29, 0.717) is 0 Å². The van der Waals surface area contributed by atoms with Gasteiger partial charge in [-0.2, -0.15) is 0 Å². The second-order valence-corrected chi connectivity index (χ2v) is 8.57. The molecule has 0 aliphatic carbocycles. The van der Waals surface area contributed by atoms with Gasteiger partial charge in [-0.3, -0.25) is 0 Å². The van der Waals surface area contributed by atoms with Gasteiger partial charge in [0.05, 0.1) is 0 Å². The van der Waals surface area contributed by atoms with Crippen LogP contribution >= 0.6 is 0 Å². The molecule has 0 atom stereocenters. The molecule has 0 aliphatic rings. The molecule has 0 unspecified atom stereocenters. The zero-order valence-electron chi connectivity index (χ0n) is 2.86. The Bertz CT molecular complexity index is 241. The lowest BCUT2D eigenvalue weighted by molar-refractivity contribution is 0.701. The fourth-order valence-corrected chi connectivity index (χ4v) is 6.43. The van der Waals surface area contributed by atoms with Crippen LogP contribution in [0.4, 0.5) is 0 Å². The van der Waals surface area contributed by atoms with Crippen LogP contribution in [0.2, 0.25) is 0 Å². The smallest absolute Gasteiger partial charge is 0.142 e. The second kappa shape index (κ2) is 5.26. The van der Waals surface area contributed by atoms with E-state index in [1.807, 2.05) is 0 Å². The highest BCUT2D eigenvalue weighted by molar-refractivity contribution is 8.65. The van der Waals surface area contributed by atoms with E-state index in [9.17, 15) is 4.21 Å². The van der Waals surface area contributed by atoms with Gasteiger partial charge in [0.15, 0.2) is 0 Å². The van der Waals surface area contributed by atoms with E-state index in [2.05, 4.69) is 22.4 Å². The first-order chi connectivity index (χ1) is 3.27. The Morgan fingerprint density at radius 2 is 2.14 bits per heavy atom. The number of rotatable bonds is 0. The maximum atomic E-state index is 10.0. The van der Waals surface area contributed by atoms with Crippen LogP contribution in [0, 0.1) is 0 Å². The maximum Gasteiger partial charge on any atom is 0.142 e. The van der Waals surface area contributed by atoms with Crippen molar-refractivity contribution in [2.24, 2.45) is 0 Å². The van der Waals surface area contributed by atoms with Crippen molar-refractivity contribution in [3.05, 3.63) is 0 Å². The van der Waals surface area contributed by atoms with Crippen molar-refractivity contribution in [2.45, 2.75) is 0 Å². The Kier molecular flexibility index (Phi) is 6.10. The van der Waals surface area contributed by atoms with Crippen molar-refractivity contribution in [1.29, 1.82) is 0 Å². The first-order valence-electron chi connectivity index (χ1n) is 1.00. The van der Waals surface area contributed by atoms with Crippen LogP contribution in [0.3, 0.4) is 0 Å². The second-order valence-electron chi connectivity index (χ2n) is 0.408. The van der Waals surface area contributed by atoms with E-state index in [0.717, 1.165) is 17.8 Å². The Labute approximate surface area is 60.7 Å². The minimum Gasteiger partial charge on any atom is -0.202 e. The van der Waals surface area contributed by atoms with Gasteiger partial charge in [0.1, 0.15) is 7.92 Å². The van der Waals surface area contributed by atoms with Crippen LogP contribution in [0.5, 0.6) is 0 Å². The summed E-state index contributed by atoms with van der Waals surface area (Å²) in [6, 6.07) is 0. The average molecular weight is 208 g/mol. The molecular weight excluding hydrogens is 208 g/mol. The fourth-order valence-electron chi connectivity index (χ4n) is 0.0340. The normalized spacial score (nSPS) is 6.86. The van der Waals surface area contributed by atoms with Gasteiger partial charge in [0.25, 0.3) is 0 Å². The van der Waals surface area contributed by atoms with Crippen molar-refractivity contribution in [1.82, 2.24) is 0 Å². The molecule has 7 heteroatoms. The van der Waals surface area contributed by atoms with Crippen LogP contribution < -0.4 is 0 Å². The van der Waals surface area contributed by atoms with Crippen LogP contribution in [0.1, 0.15) is 0 Å². The summed E-state index contributed by atoms with van der Waals surface area (Å²) in [7, 11) is 2.30. The molecule has 0 aromatic carbocycles. The molecule has 0 aromatic heterocycles. The lowest BCUT2D eigenvalue weighted by Crippen LogP contribution is -1.40. The molecule has 0 saturated carbocycles. The minimum atomic E-state index is -1.19. The topological polar surface area (TPSA) is 17.1 Å². The van der Waals surface area contributed by atoms with Gasteiger partial charge in [-0.15, -0.1) is 0 Å². The lowest BCUT2D eigenvalue weighted by atomic mass is 16.0. The zero-order chi connectivity index (χ0) is 5.70. The predicted molar refractivity (Wildman–Crippen MR) is 45.0 cm³/mol. The lowest BCUT2D eigenvalue weighted by Gasteiger charge is -1.33. The maximum absolute atomic E-state index is 10.0. The summed E-state index contributed by atoms with van der Waals surface area (Å²) in [4.78, 5) is 0. The Balaban J connectivity index is 5.36. The van der Waals surface area contributed by atoms with E-state index >= 15 is 0 Å². The molecule has 0 aliphatic heterocycles. The summed E-state index contributed by atoms with van der Waals surface area (Å²) in [6.07, 6.45) is 0. The molecule has 0 aromatic rings. The fraction of sp³-hybridized carbons (Fsp3) is 0. The molecule has 0 rings (SSSR count). The summed E-state index contributed by atoms with van der Waals surface area (Å²) >= 11 is 8.75. The van der Waals surface area contributed by atoms with Gasteiger partial charge in [0, 0.05) is 49.0 Å². The van der Waals surface area contributed by atoms with Gasteiger partial charge in [-0.05, 0) is 0 Å². The summed E-state index contributed by atoms with van der Waals surface area (Å²) in [5.41, 5.74) is 0. The van der Waals surface area contributed by atoms with Gasteiger partial charge in [0.2, 0.25) is 0 Å². The van der Waals surface area contributed by atoms with E-state index in [1.54, 1.807) is 0 Å². The first-order valence-corrected chi connectivity index (χ1v) is 8.00. The largest absolute Gasteiger partial charge is 0.202 e. The quantitative estimate of drug-likeness (QED) is 0.542. The molecule has 0 radical (unpaired) electrons. The van der Waals surface area contributed by atoms with E-state index in [-0.39, 0.29) is 0 Å². The highest BCUT2D eigenvalue weighted by Gasteiger charge is 1.41. The summed E-state index contributed by atoms with van der Waals surface area (Å²) < 4.78 is 10.0. The first kappa shape index (κ1) is 8.12. The van der Waals surface area contributed by atoms with Gasteiger partial charge < -0.3 is 0 Å². The number of hydrogen-bond acceptors (Lipinski definition) is 3. The predicted octanol–water partition coefficient (Wildman–Crippen LogP) is -0.348. The van der Waals surface area contributed by atoms with Crippen LogP contribution in [-0.2, 0) is 56.9 Å². The van der Waals surface area contributed by atoms with Gasteiger partial charge >= 0.3 is 0 Å². The molecule has 1 nitrogen and oxygen atoms in total. The molecule has 0 fully saturated rings. The molecule has 0 heterocycles. The highest BCUT2D eigenvalue weighted by atomic mass is 33.3. The third-order valence-corrected chi connectivity index (χ3v) is 7.50. The van der Waals surface area contributed by atoms with Crippen molar-refractivity contribution in [2.75, 3.05) is 0 Å². The number of hydrogen-bond donors (Lipinski definition) is 0. The molecule has 0 bridgehead atoms. The third kappa shape index (κ3) is 7.12. The van der Waals surface area contributed by atoms with Gasteiger partial charge in [-0.1, -0.05) is 0 Å². The Morgan fingerprint density at radius 3 is 2.29 bits per heavy atom. The monoisotopic (exact) mass is 208 g/mol. The summed E-state index contributed by atoms with van der Waals surface area (Å²) in [5.74, 6) is 0. The molecule has 42 valence electrons. The van der Waals surface area contributed by atoms with Crippen LogP contribution in [-0.4, -0.2) is 4.21 Å². The molecule has 0 saturated heterocycles. The van der Waals surface area contributed by atoms with E-state index in [1.165, 1.54) is 8.88 Å². The molecule has 7 heavy (non-hydrogen) atoms. The minimum absolute atomic E-state index is 1.09. The Hall–Kier alpha value is 1.12. The van der Waals surface area contributed by atoms with E-state index in [4.69, 9.17) is 0 Å². The Morgan fingerprint density at radius 1 is 1.57 bits per heavy atom. The van der Waals surface area contributed by atoms with Crippen molar-refractivity contribution in [3.63, 3.8) is 0 Å².